The predicted molar refractivity (Wildman–Crippen MR) is 69.4 cm³/mol. The van der Waals surface area contributed by atoms with E-state index in [1.165, 1.54) is 0 Å². The standard InChI is InChI=1S/C12H14BrN3/c1-8-10-7-9(13)4-5-11(10)16-12(15-8)3-2-6-14/h4-5,7H,2-3,6,14H2,1H3. The molecular formula is C12H14BrN3. The van der Waals surface area contributed by atoms with Gasteiger partial charge >= 0.3 is 0 Å². The van der Waals surface area contributed by atoms with E-state index in [0.29, 0.717) is 6.54 Å². The van der Waals surface area contributed by atoms with Gasteiger partial charge in [-0.3, -0.25) is 0 Å². The lowest BCUT2D eigenvalue weighted by molar-refractivity contribution is 0.782. The third-order valence-corrected chi connectivity index (χ3v) is 2.99. The zero-order valence-corrected chi connectivity index (χ0v) is 10.8. The molecule has 0 aliphatic rings. The first-order chi connectivity index (χ1) is 7.70. The summed E-state index contributed by atoms with van der Waals surface area (Å²) >= 11 is 3.45. The molecule has 0 amide bonds. The first-order valence-electron chi connectivity index (χ1n) is 5.33. The molecule has 0 unspecified atom stereocenters. The minimum absolute atomic E-state index is 0.681. The lowest BCUT2D eigenvalue weighted by atomic mass is 10.2. The van der Waals surface area contributed by atoms with Gasteiger partial charge in [0.2, 0.25) is 0 Å². The summed E-state index contributed by atoms with van der Waals surface area (Å²) in [7, 11) is 0. The van der Waals surface area contributed by atoms with E-state index in [4.69, 9.17) is 5.73 Å². The highest BCUT2D eigenvalue weighted by Crippen LogP contribution is 2.20. The Morgan fingerprint density at radius 2 is 2.12 bits per heavy atom. The Hall–Kier alpha value is -1.000. The maximum atomic E-state index is 5.49. The Morgan fingerprint density at radius 1 is 1.31 bits per heavy atom. The largest absolute Gasteiger partial charge is 0.330 e. The minimum atomic E-state index is 0.681. The second kappa shape index (κ2) is 4.89. The Kier molecular flexibility index (Phi) is 3.51. The number of halogens is 1. The van der Waals surface area contributed by atoms with Gasteiger partial charge in [-0.25, -0.2) is 9.97 Å². The van der Waals surface area contributed by atoms with Crippen LogP contribution in [0.1, 0.15) is 17.9 Å². The molecule has 0 saturated carbocycles. The number of hydrogen-bond donors (Lipinski definition) is 1. The molecule has 2 aromatic rings. The number of nitrogens with two attached hydrogens (primary N) is 1. The van der Waals surface area contributed by atoms with Gasteiger partial charge in [-0.05, 0) is 38.1 Å². The number of fused-ring (bicyclic) bond motifs is 1. The molecule has 0 bridgehead atoms. The molecule has 3 nitrogen and oxygen atoms in total. The fraction of sp³-hybridized carbons (Fsp3) is 0.333. The van der Waals surface area contributed by atoms with Crippen molar-refractivity contribution in [2.24, 2.45) is 5.73 Å². The van der Waals surface area contributed by atoms with E-state index in [1.54, 1.807) is 0 Å². The minimum Gasteiger partial charge on any atom is -0.330 e. The average molecular weight is 280 g/mol. The lowest BCUT2D eigenvalue weighted by Gasteiger charge is -2.05. The zero-order valence-electron chi connectivity index (χ0n) is 9.20. The van der Waals surface area contributed by atoms with Crippen molar-refractivity contribution in [3.8, 4) is 0 Å². The van der Waals surface area contributed by atoms with Gasteiger partial charge < -0.3 is 5.73 Å². The van der Waals surface area contributed by atoms with E-state index in [9.17, 15) is 0 Å². The number of hydrogen-bond acceptors (Lipinski definition) is 3. The first kappa shape index (κ1) is 11.5. The Morgan fingerprint density at radius 3 is 2.88 bits per heavy atom. The van der Waals surface area contributed by atoms with Gasteiger partial charge in [0.25, 0.3) is 0 Å². The molecule has 4 heteroatoms. The molecular weight excluding hydrogens is 266 g/mol. The van der Waals surface area contributed by atoms with E-state index in [-0.39, 0.29) is 0 Å². The summed E-state index contributed by atoms with van der Waals surface area (Å²) < 4.78 is 1.06. The van der Waals surface area contributed by atoms with Gasteiger partial charge in [0.1, 0.15) is 5.82 Å². The topological polar surface area (TPSA) is 51.8 Å². The molecule has 0 fully saturated rings. The zero-order chi connectivity index (χ0) is 11.5. The number of rotatable bonds is 3. The Labute approximate surface area is 103 Å². The van der Waals surface area contributed by atoms with E-state index < -0.39 is 0 Å². The maximum absolute atomic E-state index is 5.49. The van der Waals surface area contributed by atoms with Crippen molar-refractivity contribution in [1.82, 2.24) is 9.97 Å². The van der Waals surface area contributed by atoms with Gasteiger partial charge in [-0.1, -0.05) is 15.9 Å². The molecule has 0 atom stereocenters. The molecule has 0 spiro atoms. The van der Waals surface area contributed by atoms with Crippen LogP contribution in [-0.2, 0) is 6.42 Å². The van der Waals surface area contributed by atoms with Crippen molar-refractivity contribution >= 4 is 26.8 Å². The van der Waals surface area contributed by atoms with Crippen LogP contribution < -0.4 is 5.73 Å². The summed E-state index contributed by atoms with van der Waals surface area (Å²) in [5.41, 5.74) is 7.51. The third kappa shape index (κ3) is 2.39. The highest BCUT2D eigenvalue weighted by molar-refractivity contribution is 9.10. The van der Waals surface area contributed by atoms with Crippen molar-refractivity contribution in [3.05, 3.63) is 34.2 Å². The van der Waals surface area contributed by atoms with Crippen molar-refractivity contribution in [2.45, 2.75) is 19.8 Å². The second-order valence-electron chi connectivity index (χ2n) is 3.78. The summed E-state index contributed by atoms with van der Waals surface area (Å²) in [6, 6.07) is 6.07. The van der Waals surface area contributed by atoms with Crippen LogP contribution in [0.2, 0.25) is 0 Å². The Bertz CT molecular complexity index is 511. The van der Waals surface area contributed by atoms with Crippen molar-refractivity contribution in [2.75, 3.05) is 6.54 Å². The number of aromatic nitrogens is 2. The molecule has 1 aromatic carbocycles. The fourth-order valence-corrected chi connectivity index (χ4v) is 2.05. The third-order valence-electron chi connectivity index (χ3n) is 2.50. The van der Waals surface area contributed by atoms with Crippen LogP contribution in [-0.4, -0.2) is 16.5 Å². The summed E-state index contributed by atoms with van der Waals surface area (Å²) in [6.07, 6.45) is 1.78. The first-order valence-corrected chi connectivity index (χ1v) is 6.13. The number of aryl methyl sites for hydroxylation is 2. The fourth-order valence-electron chi connectivity index (χ4n) is 1.69. The van der Waals surface area contributed by atoms with Crippen LogP contribution in [0.4, 0.5) is 0 Å². The summed E-state index contributed by atoms with van der Waals surface area (Å²) in [5.74, 6) is 0.887. The quantitative estimate of drug-likeness (QED) is 0.940. The van der Waals surface area contributed by atoms with Crippen molar-refractivity contribution in [3.63, 3.8) is 0 Å². The maximum Gasteiger partial charge on any atom is 0.129 e. The Balaban J connectivity index is 2.46. The van der Waals surface area contributed by atoms with Crippen LogP contribution in [0.5, 0.6) is 0 Å². The van der Waals surface area contributed by atoms with E-state index in [1.807, 2.05) is 19.1 Å². The predicted octanol–water partition coefficient (Wildman–Crippen LogP) is 2.59. The molecule has 2 N–H and O–H groups in total. The average Bonchev–Trinajstić information content (AvgIpc) is 2.27. The SMILES string of the molecule is Cc1nc(CCCN)nc2ccc(Br)cc12. The number of nitrogens with zero attached hydrogens (tertiary/aromatic N) is 2. The highest BCUT2D eigenvalue weighted by Gasteiger charge is 2.04. The normalized spacial score (nSPS) is 10.9. The van der Waals surface area contributed by atoms with Crippen molar-refractivity contribution in [1.29, 1.82) is 0 Å². The monoisotopic (exact) mass is 279 g/mol. The van der Waals surface area contributed by atoms with Crippen LogP contribution in [0.15, 0.2) is 22.7 Å². The smallest absolute Gasteiger partial charge is 0.129 e. The summed E-state index contributed by atoms with van der Waals surface area (Å²) in [6.45, 7) is 2.70. The van der Waals surface area contributed by atoms with E-state index in [2.05, 4.69) is 32.0 Å². The van der Waals surface area contributed by atoms with Crippen LogP contribution in [0.25, 0.3) is 10.9 Å². The van der Waals surface area contributed by atoms with Crippen LogP contribution in [0.3, 0.4) is 0 Å². The van der Waals surface area contributed by atoms with Gasteiger partial charge in [0, 0.05) is 22.0 Å². The molecule has 16 heavy (non-hydrogen) atoms. The molecule has 0 aliphatic carbocycles. The summed E-state index contributed by atoms with van der Waals surface area (Å²) in [5, 5.41) is 1.10. The van der Waals surface area contributed by atoms with E-state index in [0.717, 1.165) is 39.7 Å². The van der Waals surface area contributed by atoms with Crippen molar-refractivity contribution < 1.29 is 0 Å². The van der Waals surface area contributed by atoms with Gasteiger partial charge in [-0.15, -0.1) is 0 Å². The van der Waals surface area contributed by atoms with Gasteiger partial charge in [0.15, 0.2) is 0 Å². The number of benzene rings is 1. The van der Waals surface area contributed by atoms with E-state index >= 15 is 0 Å². The molecule has 1 heterocycles. The van der Waals surface area contributed by atoms with Gasteiger partial charge in [0.05, 0.1) is 5.52 Å². The molecule has 84 valence electrons. The molecule has 2 rings (SSSR count). The van der Waals surface area contributed by atoms with Crippen LogP contribution in [0, 0.1) is 6.92 Å². The molecule has 0 saturated heterocycles. The molecule has 0 aliphatic heterocycles. The highest BCUT2D eigenvalue weighted by atomic mass is 79.9. The molecule has 1 aromatic heterocycles. The lowest BCUT2D eigenvalue weighted by Crippen LogP contribution is -2.04. The molecule has 0 radical (unpaired) electrons. The van der Waals surface area contributed by atoms with Crippen LogP contribution >= 0.6 is 15.9 Å². The second-order valence-corrected chi connectivity index (χ2v) is 4.69. The van der Waals surface area contributed by atoms with Gasteiger partial charge in [-0.2, -0.15) is 0 Å². The summed E-state index contributed by atoms with van der Waals surface area (Å²) in [4.78, 5) is 9.02.